The van der Waals surface area contributed by atoms with Crippen molar-refractivity contribution in [2.75, 3.05) is 5.32 Å². The highest BCUT2D eigenvalue weighted by Crippen LogP contribution is 2.23. The molecule has 19 heavy (non-hydrogen) atoms. The fourth-order valence-electron chi connectivity index (χ4n) is 1.60. The third-order valence-corrected chi connectivity index (χ3v) is 3.00. The van der Waals surface area contributed by atoms with E-state index in [1.54, 1.807) is 6.07 Å². The van der Waals surface area contributed by atoms with E-state index in [-0.39, 0.29) is 0 Å². The summed E-state index contributed by atoms with van der Waals surface area (Å²) >= 11 is 3.46. The van der Waals surface area contributed by atoms with Gasteiger partial charge in [0.1, 0.15) is 11.4 Å². The lowest BCUT2D eigenvalue weighted by molar-refractivity contribution is 0.0635. The van der Waals surface area contributed by atoms with Crippen LogP contribution in [0.3, 0.4) is 0 Å². The van der Waals surface area contributed by atoms with Crippen molar-refractivity contribution in [2.24, 2.45) is 0 Å². The van der Waals surface area contributed by atoms with Gasteiger partial charge < -0.3 is 4.74 Å². The normalized spacial score (nSPS) is 11.4. The topological polar surface area (TPSA) is 51.2 Å². The SMILES string of the molecule is CC(C)(C)OC(=O)Nc1ccc2c(Br)cccc2n1. The Labute approximate surface area is 120 Å². The molecule has 0 fully saturated rings. The maximum atomic E-state index is 11.6. The van der Waals surface area contributed by atoms with E-state index in [1.165, 1.54) is 0 Å². The third-order valence-electron chi connectivity index (χ3n) is 2.31. The van der Waals surface area contributed by atoms with E-state index < -0.39 is 11.7 Å². The summed E-state index contributed by atoms with van der Waals surface area (Å²) in [6, 6.07) is 9.39. The van der Waals surface area contributed by atoms with Crippen LogP contribution in [0.15, 0.2) is 34.8 Å². The highest BCUT2D eigenvalue weighted by atomic mass is 79.9. The number of benzene rings is 1. The first-order chi connectivity index (χ1) is 8.85. The number of aromatic nitrogens is 1. The average molecular weight is 323 g/mol. The molecule has 2 aromatic rings. The molecule has 0 atom stereocenters. The van der Waals surface area contributed by atoms with Gasteiger partial charge in [0, 0.05) is 9.86 Å². The smallest absolute Gasteiger partial charge is 0.413 e. The largest absolute Gasteiger partial charge is 0.444 e. The number of ether oxygens (including phenoxy) is 1. The van der Waals surface area contributed by atoms with Crippen LogP contribution in [-0.4, -0.2) is 16.7 Å². The van der Waals surface area contributed by atoms with Gasteiger partial charge in [0.05, 0.1) is 5.52 Å². The van der Waals surface area contributed by atoms with Crippen LogP contribution >= 0.6 is 15.9 Å². The fourth-order valence-corrected chi connectivity index (χ4v) is 2.08. The third kappa shape index (κ3) is 3.67. The quantitative estimate of drug-likeness (QED) is 0.849. The standard InChI is InChI=1S/C14H15BrN2O2/c1-14(2,3)19-13(18)17-12-8-7-9-10(15)5-4-6-11(9)16-12/h4-8H,1-3H3,(H,16,17,18). The molecule has 0 spiro atoms. The van der Waals surface area contributed by atoms with Gasteiger partial charge in [-0.1, -0.05) is 22.0 Å². The number of fused-ring (bicyclic) bond motifs is 1. The molecule has 0 aliphatic rings. The van der Waals surface area contributed by atoms with Crippen molar-refractivity contribution in [3.8, 4) is 0 Å². The van der Waals surface area contributed by atoms with Crippen molar-refractivity contribution in [2.45, 2.75) is 26.4 Å². The number of carbonyl (C=O) groups is 1. The molecule has 100 valence electrons. The first-order valence-electron chi connectivity index (χ1n) is 5.90. The minimum atomic E-state index is -0.524. The summed E-state index contributed by atoms with van der Waals surface area (Å²) in [4.78, 5) is 16.0. The minimum Gasteiger partial charge on any atom is -0.444 e. The van der Waals surface area contributed by atoms with Crippen LogP contribution in [0.2, 0.25) is 0 Å². The van der Waals surface area contributed by atoms with Gasteiger partial charge in [-0.05, 0) is 45.0 Å². The molecule has 0 saturated carbocycles. The van der Waals surface area contributed by atoms with Gasteiger partial charge in [0.2, 0.25) is 0 Å². The number of carbonyl (C=O) groups excluding carboxylic acids is 1. The molecule has 1 heterocycles. The van der Waals surface area contributed by atoms with Crippen molar-refractivity contribution < 1.29 is 9.53 Å². The van der Waals surface area contributed by atoms with Crippen LogP contribution in [0.4, 0.5) is 10.6 Å². The summed E-state index contributed by atoms with van der Waals surface area (Å²) in [6.07, 6.45) is -0.505. The van der Waals surface area contributed by atoms with Crippen LogP contribution in [0, 0.1) is 0 Å². The van der Waals surface area contributed by atoms with Crippen molar-refractivity contribution in [3.63, 3.8) is 0 Å². The van der Waals surface area contributed by atoms with Gasteiger partial charge in [-0.2, -0.15) is 0 Å². The first kappa shape index (κ1) is 13.8. The van der Waals surface area contributed by atoms with Crippen LogP contribution in [0.1, 0.15) is 20.8 Å². The lowest BCUT2D eigenvalue weighted by Gasteiger charge is -2.19. The van der Waals surface area contributed by atoms with Crippen molar-refractivity contribution in [1.29, 1.82) is 0 Å². The summed E-state index contributed by atoms with van der Waals surface area (Å²) in [5, 5.41) is 3.62. The number of amides is 1. The van der Waals surface area contributed by atoms with Gasteiger partial charge in [-0.25, -0.2) is 9.78 Å². The van der Waals surface area contributed by atoms with Crippen LogP contribution in [-0.2, 0) is 4.74 Å². The Morgan fingerprint density at radius 2 is 2.00 bits per heavy atom. The molecule has 0 radical (unpaired) electrons. The second-order valence-electron chi connectivity index (χ2n) is 5.13. The van der Waals surface area contributed by atoms with E-state index in [0.29, 0.717) is 5.82 Å². The number of pyridine rings is 1. The summed E-state index contributed by atoms with van der Waals surface area (Å²) in [5.74, 6) is 0.472. The predicted octanol–water partition coefficient (Wildman–Crippen LogP) is 4.34. The van der Waals surface area contributed by atoms with Gasteiger partial charge in [-0.15, -0.1) is 0 Å². The Bertz CT molecular complexity index is 620. The Balaban J connectivity index is 2.20. The molecule has 1 aromatic heterocycles. The Kier molecular flexibility index (Phi) is 3.75. The number of hydrogen-bond donors (Lipinski definition) is 1. The maximum Gasteiger partial charge on any atom is 0.413 e. The molecule has 0 aliphatic carbocycles. The van der Waals surface area contributed by atoms with E-state index in [4.69, 9.17) is 4.74 Å². The monoisotopic (exact) mass is 322 g/mol. The average Bonchev–Trinajstić information content (AvgIpc) is 2.26. The number of hydrogen-bond acceptors (Lipinski definition) is 3. The summed E-state index contributed by atoms with van der Waals surface area (Å²) in [7, 11) is 0. The lowest BCUT2D eigenvalue weighted by atomic mass is 10.2. The Hall–Kier alpha value is -1.62. The Morgan fingerprint density at radius 3 is 2.68 bits per heavy atom. The molecule has 5 heteroatoms. The second-order valence-corrected chi connectivity index (χ2v) is 5.98. The zero-order valence-electron chi connectivity index (χ0n) is 11.0. The molecule has 0 bridgehead atoms. The fraction of sp³-hybridized carbons (Fsp3) is 0.286. The number of anilines is 1. The van der Waals surface area contributed by atoms with Gasteiger partial charge in [0.25, 0.3) is 0 Å². The van der Waals surface area contributed by atoms with Crippen molar-refractivity contribution in [3.05, 3.63) is 34.8 Å². The van der Waals surface area contributed by atoms with Gasteiger partial charge in [0.15, 0.2) is 0 Å². The molecular formula is C14H15BrN2O2. The Morgan fingerprint density at radius 1 is 1.26 bits per heavy atom. The molecule has 0 unspecified atom stereocenters. The first-order valence-corrected chi connectivity index (χ1v) is 6.70. The van der Waals surface area contributed by atoms with E-state index in [0.717, 1.165) is 15.4 Å². The zero-order chi connectivity index (χ0) is 14.0. The van der Waals surface area contributed by atoms with Crippen LogP contribution in [0.5, 0.6) is 0 Å². The number of nitrogens with zero attached hydrogens (tertiary/aromatic N) is 1. The van der Waals surface area contributed by atoms with Crippen LogP contribution in [0.25, 0.3) is 10.9 Å². The maximum absolute atomic E-state index is 11.6. The lowest BCUT2D eigenvalue weighted by Crippen LogP contribution is -2.27. The van der Waals surface area contributed by atoms with E-state index in [9.17, 15) is 4.79 Å². The minimum absolute atomic E-state index is 0.472. The molecule has 0 saturated heterocycles. The molecule has 1 amide bonds. The highest BCUT2D eigenvalue weighted by Gasteiger charge is 2.16. The molecule has 0 aliphatic heterocycles. The number of rotatable bonds is 1. The van der Waals surface area contributed by atoms with E-state index in [1.807, 2.05) is 45.0 Å². The summed E-state index contributed by atoms with van der Waals surface area (Å²) in [6.45, 7) is 5.45. The molecular weight excluding hydrogens is 308 g/mol. The number of halogens is 1. The van der Waals surface area contributed by atoms with Crippen molar-refractivity contribution >= 4 is 38.7 Å². The predicted molar refractivity (Wildman–Crippen MR) is 79.3 cm³/mol. The summed E-state index contributed by atoms with van der Waals surface area (Å²) in [5.41, 5.74) is 0.284. The number of nitrogens with one attached hydrogen (secondary N) is 1. The molecule has 1 N–H and O–H groups in total. The van der Waals surface area contributed by atoms with Gasteiger partial charge in [-0.3, -0.25) is 5.32 Å². The highest BCUT2D eigenvalue weighted by molar-refractivity contribution is 9.10. The van der Waals surface area contributed by atoms with Gasteiger partial charge >= 0.3 is 6.09 Å². The summed E-state index contributed by atoms with van der Waals surface area (Å²) < 4.78 is 6.15. The zero-order valence-corrected chi connectivity index (χ0v) is 12.6. The second kappa shape index (κ2) is 5.17. The molecule has 1 aromatic carbocycles. The van der Waals surface area contributed by atoms with Crippen molar-refractivity contribution in [1.82, 2.24) is 4.98 Å². The molecule has 4 nitrogen and oxygen atoms in total. The van der Waals surface area contributed by atoms with E-state index in [2.05, 4.69) is 26.2 Å². The molecule has 2 rings (SSSR count). The van der Waals surface area contributed by atoms with E-state index >= 15 is 0 Å². The van der Waals surface area contributed by atoms with Crippen LogP contribution < -0.4 is 5.32 Å².